The minimum absolute atomic E-state index is 0.0497. The van der Waals surface area contributed by atoms with Crippen LogP contribution >= 0.6 is 11.8 Å². The van der Waals surface area contributed by atoms with Gasteiger partial charge in [-0.15, -0.1) is 4.40 Å². The molecule has 1 saturated carbocycles. The molecule has 0 radical (unpaired) electrons. The molecule has 0 spiro atoms. The first-order valence-corrected chi connectivity index (χ1v) is 14.0. The molecule has 0 bridgehead atoms. The highest BCUT2D eigenvalue weighted by atomic mass is 32.2. The Morgan fingerprint density at radius 1 is 1.06 bits per heavy atom. The quantitative estimate of drug-likeness (QED) is 0.601. The number of benzene rings is 2. The van der Waals surface area contributed by atoms with E-state index in [0.29, 0.717) is 5.69 Å². The van der Waals surface area contributed by atoms with Crippen LogP contribution in [0.3, 0.4) is 0 Å². The smallest absolute Gasteiger partial charge is 0.284 e. The number of aryl methyl sites for hydroxylation is 1. The molecule has 9 heteroatoms. The monoisotopic (exact) mass is 499 g/mol. The van der Waals surface area contributed by atoms with Crippen LogP contribution in [0.2, 0.25) is 0 Å². The highest BCUT2D eigenvalue weighted by molar-refractivity contribution is 8.16. The summed E-state index contributed by atoms with van der Waals surface area (Å²) in [5.41, 5.74) is 1.68. The third-order valence-electron chi connectivity index (χ3n) is 6.16. The lowest BCUT2D eigenvalue weighted by molar-refractivity contribution is -0.130. The van der Waals surface area contributed by atoms with Crippen molar-refractivity contribution in [1.29, 1.82) is 0 Å². The van der Waals surface area contributed by atoms with Crippen LogP contribution in [0, 0.1) is 0 Å². The Kier molecular flexibility index (Phi) is 7.73. The van der Waals surface area contributed by atoms with Gasteiger partial charge in [-0.25, -0.2) is 0 Å². The Bertz CT molecular complexity index is 1160. The molecule has 2 fully saturated rings. The van der Waals surface area contributed by atoms with E-state index in [4.69, 9.17) is 0 Å². The van der Waals surface area contributed by atoms with Gasteiger partial charge in [-0.1, -0.05) is 68.3 Å². The molecule has 4 rings (SSSR count). The maximum Gasteiger partial charge on any atom is 0.284 e. The molecule has 2 aromatic carbocycles. The van der Waals surface area contributed by atoms with Crippen LogP contribution in [0.25, 0.3) is 0 Å². The van der Waals surface area contributed by atoms with Gasteiger partial charge in [-0.2, -0.15) is 8.42 Å². The highest BCUT2D eigenvalue weighted by Gasteiger charge is 2.43. The van der Waals surface area contributed by atoms with Gasteiger partial charge in [0.15, 0.2) is 5.17 Å². The summed E-state index contributed by atoms with van der Waals surface area (Å²) in [6.07, 6.45) is 5.43. The van der Waals surface area contributed by atoms with Gasteiger partial charge in [-0.3, -0.25) is 14.5 Å². The number of nitrogens with zero attached hydrogens (tertiary/aromatic N) is 2. The predicted molar refractivity (Wildman–Crippen MR) is 135 cm³/mol. The van der Waals surface area contributed by atoms with Crippen molar-refractivity contribution in [2.45, 2.75) is 68.1 Å². The van der Waals surface area contributed by atoms with E-state index in [1.807, 2.05) is 25.1 Å². The van der Waals surface area contributed by atoms with Gasteiger partial charge in [-0.05, 0) is 49.1 Å². The van der Waals surface area contributed by atoms with Crippen LogP contribution in [-0.4, -0.2) is 41.6 Å². The average Bonchev–Trinajstić information content (AvgIpc) is 3.13. The SMILES string of the molecule is CCc1ccc(S(=O)(=O)N=C2S[C@H](CC(=O)Nc3ccccc3)C(=O)N2C2CCCCC2)cc1. The van der Waals surface area contributed by atoms with Crippen molar-refractivity contribution in [2.75, 3.05) is 5.32 Å². The van der Waals surface area contributed by atoms with Crippen molar-refractivity contribution in [3.8, 4) is 0 Å². The van der Waals surface area contributed by atoms with Crippen molar-refractivity contribution in [3.05, 3.63) is 60.2 Å². The topological polar surface area (TPSA) is 95.9 Å². The summed E-state index contributed by atoms with van der Waals surface area (Å²) in [6, 6.07) is 15.6. The second kappa shape index (κ2) is 10.7. The number of hydrogen-bond acceptors (Lipinski definition) is 5. The molecule has 2 aliphatic rings. The van der Waals surface area contributed by atoms with Gasteiger partial charge in [0.05, 0.1) is 4.90 Å². The van der Waals surface area contributed by atoms with E-state index in [1.165, 1.54) is 0 Å². The Labute approximate surface area is 205 Å². The van der Waals surface area contributed by atoms with E-state index in [1.54, 1.807) is 41.3 Å². The molecule has 1 atom stereocenters. The number of amides is 2. The zero-order chi connectivity index (χ0) is 24.1. The zero-order valence-corrected chi connectivity index (χ0v) is 20.8. The summed E-state index contributed by atoms with van der Waals surface area (Å²) in [4.78, 5) is 27.6. The lowest BCUT2D eigenvalue weighted by atomic mass is 9.94. The predicted octanol–water partition coefficient (Wildman–Crippen LogP) is 4.60. The van der Waals surface area contributed by atoms with E-state index in [2.05, 4.69) is 9.71 Å². The number of carbonyl (C=O) groups is 2. The molecule has 1 aliphatic heterocycles. The lowest BCUT2D eigenvalue weighted by Crippen LogP contribution is -2.42. The van der Waals surface area contributed by atoms with Crippen LogP contribution in [0.15, 0.2) is 63.9 Å². The summed E-state index contributed by atoms with van der Waals surface area (Å²) >= 11 is 1.07. The first-order valence-electron chi connectivity index (χ1n) is 11.7. The van der Waals surface area contributed by atoms with E-state index < -0.39 is 15.3 Å². The fraction of sp³-hybridized carbons (Fsp3) is 0.400. The fourth-order valence-corrected chi connectivity index (χ4v) is 6.71. The van der Waals surface area contributed by atoms with Gasteiger partial charge in [0.2, 0.25) is 11.8 Å². The number of hydrogen-bond donors (Lipinski definition) is 1. The number of rotatable bonds is 7. The maximum atomic E-state index is 13.4. The van der Waals surface area contributed by atoms with Crippen molar-refractivity contribution in [2.24, 2.45) is 4.40 Å². The molecular weight excluding hydrogens is 470 g/mol. The van der Waals surface area contributed by atoms with Gasteiger partial charge < -0.3 is 5.32 Å². The van der Waals surface area contributed by atoms with E-state index in [-0.39, 0.29) is 34.3 Å². The molecule has 180 valence electrons. The summed E-state index contributed by atoms with van der Waals surface area (Å²) in [6.45, 7) is 2.00. The maximum absolute atomic E-state index is 13.4. The highest BCUT2D eigenvalue weighted by Crippen LogP contribution is 2.36. The molecule has 0 unspecified atom stereocenters. The molecule has 2 amide bonds. The summed E-state index contributed by atoms with van der Waals surface area (Å²) in [5, 5.41) is 2.27. The van der Waals surface area contributed by atoms with E-state index in [9.17, 15) is 18.0 Å². The van der Waals surface area contributed by atoms with Crippen LogP contribution in [0.1, 0.15) is 51.0 Å². The minimum Gasteiger partial charge on any atom is -0.326 e. The largest absolute Gasteiger partial charge is 0.326 e. The molecule has 7 nitrogen and oxygen atoms in total. The number of nitrogens with one attached hydrogen (secondary N) is 1. The number of sulfonamides is 1. The Morgan fingerprint density at radius 2 is 1.74 bits per heavy atom. The molecule has 1 heterocycles. The van der Waals surface area contributed by atoms with Gasteiger partial charge in [0, 0.05) is 18.2 Å². The number of para-hydroxylation sites is 1. The van der Waals surface area contributed by atoms with Crippen LogP contribution < -0.4 is 5.32 Å². The molecule has 0 aromatic heterocycles. The summed E-state index contributed by atoms with van der Waals surface area (Å²) in [5.74, 6) is -0.532. The minimum atomic E-state index is -3.99. The van der Waals surface area contributed by atoms with E-state index >= 15 is 0 Å². The third-order valence-corrected chi connectivity index (χ3v) is 8.71. The molecule has 2 aromatic rings. The van der Waals surface area contributed by atoms with Crippen molar-refractivity contribution >= 4 is 44.5 Å². The Hall–Kier alpha value is -2.65. The van der Waals surface area contributed by atoms with Gasteiger partial charge >= 0.3 is 0 Å². The van der Waals surface area contributed by atoms with E-state index in [0.717, 1.165) is 55.9 Å². The standard InChI is InChI=1S/C25H29N3O4S2/c1-2-18-13-15-21(16-14-18)34(31,32)27-25-28(20-11-7-4-8-12-20)24(30)22(33-25)17-23(29)26-19-9-5-3-6-10-19/h3,5-6,9-10,13-16,20,22H,2,4,7-8,11-12,17H2,1H3,(H,26,29)/t22-/m1/s1. The molecule has 1 N–H and O–H groups in total. The second-order valence-corrected chi connectivity index (χ2v) is 11.3. The first kappa shape index (κ1) is 24.5. The number of amidine groups is 1. The second-order valence-electron chi connectivity index (χ2n) is 8.57. The first-order chi connectivity index (χ1) is 16.4. The molecular formula is C25H29N3O4S2. The number of carbonyl (C=O) groups excluding carboxylic acids is 2. The van der Waals surface area contributed by atoms with Crippen LogP contribution in [0.5, 0.6) is 0 Å². The number of thioether (sulfide) groups is 1. The number of anilines is 1. The molecule has 1 aliphatic carbocycles. The van der Waals surface area contributed by atoms with Gasteiger partial charge in [0.1, 0.15) is 5.25 Å². The lowest BCUT2D eigenvalue weighted by Gasteiger charge is -2.30. The summed E-state index contributed by atoms with van der Waals surface area (Å²) in [7, 11) is -3.99. The summed E-state index contributed by atoms with van der Waals surface area (Å²) < 4.78 is 30.3. The average molecular weight is 500 g/mol. The van der Waals surface area contributed by atoms with Crippen molar-refractivity contribution < 1.29 is 18.0 Å². The Morgan fingerprint density at radius 3 is 2.38 bits per heavy atom. The van der Waals surface area contributed by atoms with Crippen LogP contribution in [0.4, 0.5) is 5.69 Å². The van der Waals surface area contributed by atoms with Gasteiger partial charge in [0.25, 0.3) is 10.0 Å². The molecule has 34 heavy (non-hydrogen) atoms. The Balaban J connectivity index is 1.58. The van der Waals surface area contributed by atoms with Crippen molar-refractivity contribution in [1.82, 2.24) is 4.90 Å². The van der Waals surface area contributed by atoms with Crippen LogP contribution in [-0.2, 0) is 26.0 Å². The molecule has 1 saturated heterocycles. The fourth-order valence-electron chi connectivity index (χ4n) is 4.31. The zero-order valence-electron chi connectivity index (χ0n) is 19.1. The van der Waals surface area contributed by atoms with Crippen molar-refractivity contribution in [3.63, 3.8) is 0 Å². The third kappa shape index (κ3) is 5.70. The normalized spacial score (nSPS) is 20.6.